The largest absolute Gasteiger partial charge is 0.466 e. The molecule has 0 radical (unpaired) electrons. The number of furan rings is 1. The van der Waals surface area contributed by atoms with Gasteiger partial charge in [0, 0.05) is 13.7 Å². The molecule has 1 aromatic rings. The first kappa shape index (κ1) is 10.8. The van der Waals surface area contributed by atoms with Crippen LogP contribution < -0.4 is 5.32 Å². The van der Waals surface area contributed by atoms with Crippen LogP contribution in [0.25, 0.3) is 0 Å². The van der Waals surface area contributed by atoms with Crippen molar-refractivity contribution in [3.8, 4) is 0 Å². The Kier molecular flexibility index (Phi) is 4.48. The summed E-state index contributed by atoms with van der Waals surface area (Å²) < 4.78 is 11.4. The molecule has 1 heterocycles. The summed E-state index contributed by atoms with van der Waals surface area (Å²) in [4.78, 5) is 0. The minimum Gasteiger partial charge on any atom is -0.466 e. The quantitative estimate of drug-likeness (QED) is 0.868. The van der Waals surface area contributed by atoms with Crippen LogP contribution in [0.5, 0.6) is 0 Å². The summed E-state index contributed by atoms with van der Waals surface area (Å²) in [6, 6.07) is 2.11. The van der Waals surface area contributed by atoms with Gasteiger partial charge in [0.15, 0.2) is 0 Å². The predicted octanol–water partition coefficient (Wildman–Crippen LogP) is 2.34. The zero-order chi connectivity index (χ0) is 9.68. The second-order valence-electron chi connectivity index (χ2n) is 2.76. The smallest absolute Gasteiger partial charge is 0.134 e. The molecular weight excluding hydrogens is 234 g/mol. The highest BCUT2D eigenvalue weighted by atomic mass is 79.9. The number of rotatable bonds is 5. The molecule has 4 heteroatoms. The van der Waals surface area contributed by atoms with E-state index in [0.29, 0.717) is 0 Å². The number of methoxy groups -OCH3 is 1. The third kappa shape index (κ3) is 2.83. The number of ether oxygens (including phenoxy) is 1. The maximum atomic E-state index is 5.35. The molecule has 1 unspecified atom stereocenters. The summed E-state index contributed by atoms with van der Waals surface area (Å²) in [5.41, 5.74) is 0. The van der Waals surface area contributed by atoms with E-state index in [1.165, 1.54) is 0 Å². The maximum absolute atomic E-state index is 5.35. The lowest BCUT2D eigenvalue weighted by Gasteiger charge is -2.13. The van der Waals surface area contributed by atoms with Crippen LogP contribution in [-0.4, -0.2) is 20.8 Å². The fourth-order valence-electron chi connectivity index (χ4n) is 1.20. The molecule has 1 rings (SSSR count). The summed E-state index contributed by atoms with van der Waals surface area (Å²) in [6.07, 6.45) is 2.58. The van der Waals surface area contributed by atoms with Gasteiger partial charge in [0.1, 0.15) is 5.76 Å². The van der Waals surface area contributed by atoms with Crippen LogP contribution in [-0.2, 0) is 4.74 Å². The topological polar surface area (TPSA) is 34.4 Å². The van der Waals surface area contributed by atoms with Crippen LogP contribution >= 0.6 is 15.9 Å². The van der Waals surface area contributed by atoms with Crippen molar-refractivity contribution in [2.24, 2.45) is 0 Å². The fourth-order valence-corrected chi connectivity index (χ4v) is 1.67. The third-order valence-corrected chi connectivity index (χ3v) is 2.58. The van der Waals surface area contributed by atoms with E-state index in [0.717, 1.165) is 23.3 Å². The van der Waals surface area contributed by atoms with E-state index < -0.39 is 0 Å². The molecule has 0 aliphatic carbocycles. The predicted molar refractivity (Wildman–Crippen MR) is 54.7 cm³/mol. The first-order valence-electron chi connectivity index (χ1n) is 4.18. The summed E-state index contributed by atoms with van der Waals surface area (Å²) in [5.74, 6) is 0.930. The Labute approximate surface area is 86.6 Å². The Morgan fingerprint density at radius 2 is 2.46 bits per heavy atom. The molecule has 3 nitrogen and oxygen atoms in total. The highest BCUT2D eigenvalue weighted by Gasteiger charge is 2.15. The van der Waals surface area contributed by atoms with Crippen LogP contribution in [0.15, 0.2) is 21.2 Å². The highest BCUT2D eigenvalue weighted by Crippen LogP contribution is 2.26. The molecule has 0 saturated carbocycles. The highest BCUT2D eigenvalue weighted by molar-refractivity contribution is 9.10. The van der Waals surface area contributed by atoms with Crippen molar-refractivity contribution < 1.29 is 9.15 Å². The van der Waals surface area contributed by atoms with Gasteiger partial charge in [0.2, 0.25) is 0 Å². The molecule has 1 N–H and O–H groups in total. The van der Waals surface area contributed by atoms with Gasteiger partial charge in [-0.3, -0.25) is 0 Å². The van der Waals surface area contributed by atoms with Gasteiger partial charge >= 0.3 is 0 Å². The van der Waals surface area contributed by atoms with Gasteiger partial charge in [-0.25, -0.2) is 0 Å². The Morgan fingerprint density at radius 1 is 1.69 bits per heavy atom. The van der Waals surface area contributed by atoms with E-state index in [-0.39, 0.29) is 6.04 Å². The van der Waals surface area contributed by atoms with E-state index in [2.05, 4.69) is 21.2 Å². The third-order valence-electron chi connectivity index (χ3n) is 1.92. The number of halogens is 1. The number of hydrogen-bond donors (Lipinski definition) is 1. The summed E-state index contributed by atoms with van der Waals surface area (Å²) in [5, 5.41) is 3.18. The van der Waals surface area contributed by atoms with Gasteiger partial charge in [-0.15, -0.1) is 0 Å². The lowest BCUT2D eigenvalue weighted by atomic mass is 10.1. The molecule has 0 aliphatic rings. The SMILES string of the molecule is CNC(CCOC)c1occc1Br. The van der Waals surface area contributed by atoms with E-state index >= 15 is 0 Å². The van der Waals surface area contributed by atoms with Crippen LogP contribution in [0.3, 0.4) is 0 Å². The van der Waals surface area contributed by atoms with Crippen LogP contribution in [0.1, 0.15) is 18.2 Å². The molecule has 0 bridgehead atoms. The second-order valence-corrected chi connectivity index (χ2v) is 3.61. The normalized spacial score (nSPS) is 13.2. The number of hydrogen-bond acceptors (Lipinski definition) is 3. The van der Waals surface area contributed by atoms with Crippen LogP contribution in [0.2, 0.25) is 0 Å². The van der Waals surface area contributed by atoms with Gasteiger partial charge in [-0.1, -0.05) is 0 Å². The van der Waals surface area contributed by atoms with Gasteiger partial charge in [0.25, 0.3) is 0 Å². The van der Waals surface area contributed by atoms with Crippen molar-refractivity contribution in [1.29, 1.82) is 0 Å². The van der Waals surface area contributed by atoms with Crippen LogP contribution in [0.4, 0.5) is 0 Å². The molecule has 0 fully saturated rings. The molecular formula is C9H14BrNO2. The minimum absolute atomic E-state index is 0.212. The number of nitrogens with one attached hydrogen (secondary N) is 1. The molecule has 74 valence electrons. The molecule has 0 amide bonds. The molecule has 0 saturated heterocycles. The fraction of sp³-hybridized carbons (Fsp3) is 0.556. The van der Waals surface area contributed by atoms with Crippen molar-refractivity contribution in [2.75, 3.05) is 20.8 Å². The monoisotopic (exact) mass is 247 g/mol. The van der Waals surface area contributed by atoms with E-state index in [1.54, 1.807) is 13.4 Å². The average Bonchev–Trinajstić information content (AvgIpc) is 2.54. The van der Waals surface area contributed by atoms with E-state index in [4.69, 9.17) is 9.15 Å². The maximum Gasteiger partial charge on any atom is 0.134 e. The Bertz CT molecular complexity index is 250. The zero-order valence-corrected chi connectivity index (χ0v) is 9.43. The van der Waals surface area contributed by atoms with Crippen molar-refractivity contribution >= 4 is 15.9 Å². The molecule has 0 spiro atoms. The van der Waals surface area contributed by atoms with E-state index in [9.17, 15) is 0 Å². The zero-order valence-electron chi connectivity index (χ0n) is 7.84. The lowest BCUT2D eigenvalue weighted by Crippen LogP contribution is -2.17. The second kappa shape index (κ2) is 5.42. The van der Waals surface area contributed by atoms with Crippen LogP contribution in [0, 0.1) is 0 Å². The molecule has 0 aliphatic heterocycles. The van der Waals surface area contributed by atoms with Crippen molar-refractivity contribution in [1.82, 2.24) is 5.32 Å². The van der Waals surface area contributed by atoms with Gasteiger partial charge in [-0.05, 0) is 35.5 Å². The molecule has 1 atom stereocenters. The van der Waals surface area contributed by atoms with Crippen molar-refractivity contribution in [3.63, 3.8) is 0 Å². The van der Waals surface area contributed by atoms with Gasteiger partial charge in [0.05, 0.1) is 16.8 Å². The van der Waals surface area contributed by atoms with Crippen molar-refractivity contribution in [2.45, 2.75) is 12.5 Å². The lowest BCUT2D eigenvalue weighted by molar-refractivity contribution is 0.180. The average molecular weight is 248 g/mol. The molecule has 1 aromatic heterocycles. The minimum atomic E-state index is 0.212. The Hall–Kier alpha value is -0.320. The molecule has 0 aromatic carbocycles. The van der Waals surface area contributed by atoms with Gasteiger partial charge < -0.3 is 14.5 Å². The summed E-state index contributed by atoms with van der Waals surface area (Å²) in [7, 11) is 3.61. The van der Waals surface area contributed by atoms with Crippen molar-refractivity contribution in [3.05, 3.63) is 22.6 Å². The summed E-state index contributed by atoms with van der Waals surface area (Å²) >= 11 is 3.43. The summed E-state index contributed by atoms with van der Waals surface area (Å²) in [6.45, 7) is 0.721. The first-order chi connectivity index (χ1) is 6.29. The van der Waals surface area contributed by atoms with E-state index in [1.807, 2.05) is 13.1 Å². The first-order valence-corrected chi connectivity index (χ1v) is 4.98. The standard InChI is InChI=1S/C9H14BrNO2/c1-11-8(4-5-12-2)9-7(10)3-6-13-9/h3,6,8,11H,4-5H2,1-2H3. The Balaban J connectivity index is 2.61. The Morgan fingerprint density at radius 3 is 2.92 bits per heavy atom. The van der Waals surface area contributed by atoms with Gasteiger partial charge in [-0.2, -0.15) is 0 Å². The molecule has 13 heavy (non-hydrogen) atoms.